The minimum absolute atomic E-state index is 0.522. The van der Waals surface area contributed by atoms with E-state index in [1.807, 2.05) is 0 Å². The third-order valence-electron chi connectivity index (χ3n) is 2.06. The Bertz CT molecular complexity index is 136. The summed E-state index contributed by atoms with van der Waals surface area (Å²) in [4.78, 5) is 10.0. The van der Waals surface area contributed by atoms with E-state index in [0.29, 0.717) is 6.42 Å². The van der Waals surface area contributed by atoms with Crippen LogP contribution in [0, 0.1) is 10.3 Å². The molecule has 0 aromatic carbocycles. The van der Waals surface area contributed by atoms with Crippen LogP contribution in [0.3, 0.4) is 0 Å². The van der Waals surface area contributed by atoms with E-state index in [1.165, 1.54) is 0 Å². The second-order valence-corrected chi connectivity index (χ2v) is 3.23. The van der Waals surface area contributed by atoms with Gasteiger partial charge >= 0.3 is 0 Å². The van der Waals surface area contributed by atoms with Crippen molar-refractivity contribution in [1.29, 1.82) is 0 Å². The maximum atomic E-state index is 12.1. The van der Waals surface area contributed by atoms with Crippen molar-refractivity contribution in [3.05, 3.63) is 4.91 Å². The molecule has 0 amide bonds. The predicted octanol–water partition coefficient (Wildman–Crippen LogP) is 2.82. The molecule has 0 aliphatic carbocycles. The molecule has 0 radical (unpaired) electrons. The third-order valence-corrected chi connectivity index (χ3v) is 2.06. The van der Waals surface area contributed by atoms with Gasteiger partial charge in [0.15, 0.2) is 6.04 Å². The van der Waals surface area contributed by atoms with Crippen LogP contribution in [0.2, 0.25) is 0 Å². The highest BCUT2D eigenvalue weighted by Gasteiger charge is 2.36. The highest BCUT2D eigenvalue weighted by molar-refractivity contribution is 4.84. The molecule has 0 fully saturated rings. The molecule has 0 saturated heterocycles. The maximum absolute atomic E-state index is 12.1. The molecule has 0 bridgehead atoms. The van der Waals surface area contributed by atoms with Crippen LogP contribution in [0.4, 0.5) is 8.78 Å². The Morgan fingerprint density at radius 1 is 1.45 bits per heavy atom. The summed E-state index contributed by atoms with van der Waals surface area (Å²) < 4.78 is 24.2. The molecule has 0 aliphatic rings. The van der Waals surface area contributed by atoms with E-state index in [9.17, 15) is 13.7 Å². The maximum Gasteiger partial charge on any atom is 0.264 e. The van der Waals surface area contributed by atoms with Gasteiger partial charge in [-0.25, -0.2) is 8.78 Å². The molecule has 0 heterocycles. The number of alkyl halides is 2. The SMILES string of the molecule is CCC(C)(C)C(N=O)C(F)F. The molecule has 1 unspecified atom stereocenters. The van der Waals surface area contributed by atoms with Gasteiger partial charge in [-0.3, -0.25) is 0 Å². The van der Waals surface area contributed by atoms with Crippen molar-refractivity contribution in [1.82, 2.24) is 0 Å². The van der Waals surface area contributed by atoms with Gasteiger partial charge in [0.05, 0.1) is 0 Å². The molecule has 0 saturated carbocycles. The van der Waals surface area contributed by atoms with Crippen molar-refractivity contribution in [2.75, 3.05) is 0 Å². The van der Waals surface area contributed by atoms with Gasteiger partial charge in [-0.1, -0.05) is 25.9 Å². The fourth-order valence-corrected chi connectivity index (χ4v) is 0.739. The Balaban J connectivity index is 4.35. The molecule has 0 aromatic rings. The van der Waals surface area contributed by atoms with Crippen molar-refractivity contribution in [2.24, 2.45) is 10.6 Å². The van der Waals surface area contributed by atoms with Crippen LogP contribution >= 0.6 is 0 Å². The number of halogens is 2. The van der Waals surface area contributed by atoms with Gasteiger partial charge in [-0.05, 0) is 11.8 Å². The van der Waals surface area contributed by atoms with E-state index in [-0.39, 0.29) is 0 Å². The quantitative estimate of drug-likeness (QED) is 0.589. The van der Waals surface area contributed by atoms with Crippen LogP contribution in [0.5, 0.6) is 0 Å². The number of rotatable bonds is 4. The lowest BCUT2D eigenvalue weighted by atomic mass is 9.82. The molecule has 4 heteroatoms. The second kappa shape index (κ2) is 3.74. The second-order valence-electron chi connectivity index (χ2n) is 3.23. The first-order chi connectivity index (χ1) is 4.95. The van der Waals surface area contributed by atoms with E-state index in [4.69, 9.17) is 0 Å². The molecule has 0 aliphatic heterocycles. The Hall–Kier alpha value is -0.540. The van der Waals surface area contributed by atoms with Gasteiger partial charge in [-0.2, -0.15) is 4.91 Å². The van der Waals surface area contributed by atoms with Gasteiger partial charge in [0.2, 0.25) is 0 Å². The molecular formula is C7H13F2NO. The van der Waals surface area contributed by atoms with E-state index >= 15 is 0 Å². The predicted molar refractivity (Wildman–Crippen MR) is 39.7 cm³/mol. The van der Waals surface area contributed by atoms with E-state index in [2.05, 4.69) is 5.18 Å². The Kier molecular flexibility index (Phi) is 3.55. The van der Waals surface area contributed by atoms with Crippen LogP contribution < -0.4 is 0 Å². The zero-order valence-electron chi connectivity index (χ0n) is 6.97. The smallest absolute Gasteiger partial charge is 0.208 e. The fourth-order valence-electron chi connectivity index (χ4n) is 0.739. The lowest BCUT2D eigenvalue weighted by Gasteiger charge is -2.26. The first-order valence-corrected chi connectivity index (χ1v) is 3.56. The summed E-state index contributed by atoms with van der Waals surface area (Å²) in [5.74, 6) is 0. The van der Waals surface area contributed by atoms with Crippen LogP contribution in [0.25, 0.3) is 0 Å². The van der Waals surface area contributed by atoms with Crippen molar-refractivity contribution in [2.45, 2.75) is 39.7 Å². The summed E-state index contributed by atoms with van der Waals surface area (Å²) in [6.07, 6.45) is -2.13. The number of nitroso groups, excluding NO2 is 1. The molecule has 0 N–H and O–H groups in total. The first kappa shape index (κ1) is 10.5. The van der Waals surface area contributed by atoms with Crippen molar-refractivity contribution in [3.63, 3.8) is 0 Å². The minimum atomic E-state index is -2.65. The van der Waals surface area contributed by atoms with Gasteiger partial charge in [-0.15, -0.1) is 0 Å². The standard InChI is InChI=1S/C7H13F2NO/c1-4-7(2,3)5(10-11)6(8)9/h5-6H,4H2,1-3H3. The summed E-state index contributed by atoms with van der Waals surface area (Å²) >= 11 is 0. The summed E-state index contributed by atoms with van der Waals surface area (Å²) in [5, 5.41) is 2.43. The van der Waals surface area contributed by atoms with Crippen LogP contribution in [0.1, 0.15) is 27.2 Å². The van der Waals surface area contributed by atoms with E-state index in [1.54, 1.807) is 20.8 Å². The number of hydrogen-bond donors (Lipinski definition) is 0. The third kappa shape index (κ3) is 2.52. The highest BCUT2D eigenvalue weighted by atomic mass is 19.3. The zero-order valence-corrected chi connectivity index (χ0v) is 6.97. The van der Waals surface area contributed by atoms with Crippen molar-refractivity contribution >= 4 is 0 Å². The number of nitrogens with zero attached hydrogens (tertiary/aromatic N) is 1. The largest absolute Gasteiger partial charge is 0.264 e. The molecule has 1 atom stereocenters. The highest BCUT2D eigenvalue weighted by Crippen LogP contribution is 2.30. The Labute approximate surface area is 65.0 Å². The zero-order chi connectivity index (χ0) is 9.07. The van der Waals surface area contributed by atoms with Gasteiger partial charge < -0.3 is 0 Å². The van der Waals surface area contributed by atoms with Crippen molar-refractivity contribution < 1.29 is 8.78 Å². The molecule has 0 aromatic heterocycles. The molecule has 0 spiro atoms. The number of hydrogen-bond acceptors (Lipinski definition) is 2. The summed E-state index contributed by atoms with van der Waals surface area (Å²) in [7, 11) is 0. The van der Waals surface area contributed by atoms with E-state index < -0.39 is 17.9 Å². The van der Waals surface area contributed by atoms with Crippen LogP contribution in [-0.2, 0) is 0 Å². The molecule has 0 rings (SSSR count). The molecule has 2 nitrogen and oxygen atoms in total. The van der Waals surface area contributed by atoms with Gasteiger partial charge in [0.1, 0.15) is 0 Å². The molecular weight excluding hydrogens is 152 g/mol. The average molecular weight is 165 g/mol. The monoisotopic (exact) mass is 165 g/mol. The fraction of sp³-hybridized carbons (Fsp3) is 1.00. The average Bonchev–Trinajstić information content (AvgIpc) is 1.88. The Morgan fingerprint density at radius 3 is 2.00 bits per heavy atom. The van der Waals surface area contributed by atoms with Crippen molar-refractivity contribution in [3.8, 4) is 0 Å². The van der Waals surface area contributed by atoms with Crippen LogP contribution in [0.15, 0.2) is 5.18 Å². The van der Waals surface area contributed by atoms with Crippen LogP contribution in [-0.4, -0.2) is 12.5 Å². The molecule has 66 valence electrons. The lowest BCUT2D eigenvalue weighted by Crippen LogP contribution is -2.32. The van der Waals surface area contributed by atoms with E-state index in [0.717, 1.165) is 0 Å². The van der Waals surface area contributed by atoms with Gasteiger partial charge in [0.25, 0.3) is 6.43 Å². The molecule has 11 heavy (non-hydrogen) atoms. The topological polar surface area (TPSA) is 29.4 Å². The Morgan fingerprint density at radius 2 is 1.91 bits per heavy atom. The summed E-state index contributed by atoms with van der Waals surface area (Å²) in [6.45, 7) is 5.00. The first-order valence-electron chi connectivity index (χ1n) is 3.56. The summed E-state index contributed by atoms with van der Waals surface area (Å²) in [5.41, 5.74) is -0.698. The summed E-state index contributed by atoms with van der Waals surface area (Å²) in [6, 6.07) is -1.38. The lowest BCUT2D eigenvalue weighted by molar-refractivity contribution is 0.0571. The van der Waals surface area contributed by atoms with Gasteiger partial charge in [0, 0.05) is 0 Å². The normalized spacial score (nSPS) is 15.1. The minimum Gasteiger partial charge on any atom is -0.208 e.